The number of hydrogen-bond acceptors (Lipinski definition) is 4. The molecule has 1 amide bonds. The van der Waals surface area contributed by atoms with Crippen molar-refractivity contribution in [3.05, 3.63) is 70.7 Å². The standard InChI is InChI=1S/C21H24ClNO4/c1-2-27-21(25)18(12-16-8-4-3-5-9-16)13-23-20(24)15-26-14-17-10-6-7-11-19(17)22/h3-11,18H,2,12-15H2,1H3,(H,23,24). The molecule has 2 aromatic rings. The monoisotopic (exact) mass is 389 g/mol. The quantitative estimate of drug-likeness (QED) is 0.632. The first-order valence-corrected chi connectivity index (χ1v) is 9.26. The highest BCUT2D eigenvalue weighted by Gasteiger charge is 2.21. The van der Waals surface area contributed by atoms with Crippen molar-refractivity contribution in [2.45, 2.75) is 20.0 Å². The lowest BCUT2D eigenvalue weighted by Gasteiger charge is -2.16. The van der Waals surface area contributed by atoms with Crippen LogP contribution < -0.4 is 5.32 Å². The molecule has 0 aliphatic carbocycles. The number of hydrogen-bond donors (Lipinski definition) is 1. The second-order valence-corrected chi connectivity index (χ2v) is 6.43. The van der Waals surface area contributed by atoms with E-state index in [-0.39, 0.29) is 31.6 Å². The molecule has 0 heterocycles. The summed E-state index contributed by atoms with van der Waals surface area (Å²) in [6, 6.07) is 16.9. The number of nitrogens with one attached hydrogen (secondary N) is 1. The van der Waals surface area contributed by atoms with Gasteiger partial charge in [-0.3, -0.25) is 9.59 Å². The van der Waals surface area contributed by atoms with Gasteiger partial charge in [0.15, 0.2) is 0 Å². The van der Waals surface area contributed by atoms with Gasteiger partial charge in [-0.1, -0.05) is 60.1 Å². The third kappa shape index (κ3) is 7.41. The van der Waals surface area contributed by atoms with Gasteiger partial charge in [-0.05, 0) is 30.5 Å². The fraction of sp³-hybridized carbons (Fsp3) is 0.333. The van der Waals surface area contributed by atoms with Gasteiger partial charge in [0, 0.05) is 11.6 Å². The molecule has 144 valence electrons. The molecule has 0 saturated heterocycles. The number of amides is 1. The van der Waals surface area contributed by atoms with E-state index in [1.807, 2.05) is 48.5 Å². The van der Waals surface area contributed by atoms with Gasteiger partial charge in [-0.15, -0.1) is 0 Å². The second-order valence-electron chi connectivity index (χ2n) is 6.03. The molecule has 2 rings (SSSR count). The molecule has 0 radical (unpaired) electrons. The summed E-state index contributed by atoms with van der Waals surface area (Å²) in [4.78, 5) is 24.2. The Bertz CT molecular complexity index is 736. The van der Waals surface area contributed by atoms with Crippen LogP contribution >= 0.6 is 11.6 Å². The van der Waals surface area contributed by atoms with Crippen LogP contribution in [0.15, 0.2) is 54.6 Å². The van der Waals surface area contributed by atoms with E-state index in [2.05, 4.69) is 5.32 Å². The number of esters is 1. The van der Waals surface area contributed by atoms with Gasteiger partial charge in [0.05, 0.1) is 19.1 Å². The topological polar surface area (TPSA) is 64.6 Å². The SMILES string of the molecule is CCOC(=O)C(CNC(=O)COCc1ccccc1Cl)Cc1ccccc1. The molecule has 0 spiro atoms. The van der Waals surface area contributed by atoms with Gasteiger partial charge in [-0.2, -0.15) is 0 Å². The van der Waals surface area contributed by atoms with E-state index in [0.717, 1.165) is 11.1 Å². The minimum Gasteiger partial charge on any atom is -0.466 e. The van der Waals surface area contributed by atoms with Gasteiger partial charge in [-0.25, -0.2) is 0 Å². The van der Waals surface area contributed by atoms with Gasteiger partial charge < -0.3 is 14.8 Å². The molecule has 0 saturated carbocycles. The number of benzene rings is 2. The van der Waals surface area contributed by atoms with E-state index < -0.39 is 5.92 Å². The Morgan fingerprint density at radius 3 is 2.48 bits per heavy atom. The van der Waals surface area contributed by atoms with Crippen molar-refractivity contribution in [1.82, 2.24) is 5.32 Å². The number of carbonyl (C=O) groups excluding carboxylic acids is 2. The van der Waals surface area contributed by atoms with Crippen molar-refractivity contribution in [2.24, 2.45) is 5.92 Å². The van der Waals surface area contributed by atoms with Crippen molar-refractivity contribution >= 4 is 23.5 Å². The van der Waals surface area contributed by atoms with E-state index in [1.165, 1.54) is 0 Å². The molecule has 0 bridgehead atoms. The first-order valence-electron chi connectivity index (χ1n) is 8.88. The number of carbonyl (C=O) groups is 2. The number of rotatable bonds is 10. The molecule has 2 aromatic carbocycles. The van der Waals surface area contributed by atoms with Gasteiger partial charge in [0.2, 0.25) is 5.91 Å². The summed E-state index contributed by atoms with van der Waals surface area (Å²) in [7, 11) is 0. The van der Waals surface area contributed by atoms with Crippen LogP contribution in [0.4, 0.5) is 0 Å². The Hall–Kier alpha value is -2.37. The molecule has 0 fully saturated rings. The van der Waals surface area contributed by atoms with E-state index >= 15 is 0 Å². The zero-order valence-corrected chi connectivity index (χ0v) is 16.1. The van der Waals surface area contributed by atoms with Crippen LogP contribution in [-0.4, -0.2) is 31.6 Å². The Kier molecular flexibility index (Phi) is 8.81. The smallest absolute Gasteiger partial charge is 0.311 e. The maximum absolute atomic E-state index is 12.2. The minimum absolute atomic E-state index is 0.105. The lowest BCUT2D eigenvalue weighted by Crippen LogP contribution is -2.36. The number of ether oxygens (including phenoxy) is 2. The molecule has 1 unspecified atom stereocenters. The van der Waals surface area contributed by atoms with Gasteiger partial charge in [0.25, 0.3) is 0 Å². The summed E-state index contributed by atoms with van der Waals surface area (Å²) in [5.74, 6) is -1.05. The fourth-order valence-corrected chi connectivity index (χ4v) is 2.75. The van der Waals surface area contributed by atoms with Crippen molar-refractivity contribution in [1.29, 1.82) is 0 Å². The zero-order chi connectivity index (χ0) is 19.5. The lowest BCUT2D eigenvalue weighted by molar-refractivity contribution is -0.148. The van der Waals surface area contributed by atoms with Crippen LogP contribution in [0.1, 0.15) is 18.1 Å². The predicted molar refractivity (Wildman–Crippen MR) is 104 cm³/mol. The average molecular weight is 390 g/mol. The fourth-order valence-electron chi connectivity index (χ4n) is 2.55. The van der Waals surface area contributed by atoms with Crippen LogP contribution in [0.3, 0.4) is 0 Å². The summed E-state index contributed by atoms with van der Waals surface area (Å²) < 4.78 is 10.5. The van der Waals surface area contributed by atoms with Crippen LogP contribution in [0.25, 0.3) is 0 Å². The molecule has 0 aliphatic heterocycles. The van der Waals surface area contributed by atoms with E-state index in [1.54, 1.807) is 13.0 Å². The first kappa shape index (κ1) is 20.9. The Morgan fingerprint density at radius 1 is 1.07 bits per heavy atom. The summed E-state index contributed by atoms with van der Waals surface area (Å²) in [5.41, 5.74) is 1.83. The maximum Gasteiger partial charge on any atom is 0.311 e. The molecule has 6 heteroatoms. The van der Waals surface area contributed by atoms with Crippen molar-refractivity contribution in [3.63, 3.8) is 0 Å². The third-order valence-corrected chi connectivity index (χ3v) is 4.31. The summed E-state index contributed by atoms with van der Waals surface area (Å²) in [5, 5.41) is 3.35. The average Bonchev–Trinajstić information content (AvgIpc) is 2.67. The largest absolute Gasteiger partial charge is 0.466 e. The highest BCUT2D eigenvalue weighted by molar-refractivity contribution is 6.31. The van der Waals surface area contributed by atoms with Crippen LogP contribution in [0.2, 0.25) is 5.02 Å². The highest BCUT2D eigenvalue weighted by atomic mass is 35.5. The minimum atomic E-state index is -0.445. The van der Waals surface area contributed by atoms with E-state index in [4.69, 9.17) is 21.1 Å². The molecule has 5 nitrogen and oxygen atoms in total. The van der Waals surface area contributed by atoms with Gasteiger partial charge >= 0.3 is 5.97 Å². The summed E-state index contributed by atoms with van der Waals surface area (Å²) >= 11 is 6.05. The molecule has 0 aromatic heterocycles. The molecular weight excluding hydrogens is 366 g/mol. The lowest BCUT2D eigenvalue weighted by atomic mass is 9.99. The Balaban J connectivity index is 1.81. The Labute approximate surface area is 164 Å². The van der Waals surface area contributed by atoms with Crippen molar-refractivity contribution in [3.8, 4) is 0 Å². The predicted octanol–water partition coefficient (Wildman–Crippen LogP) is 3.39. The second kappa shape index (κ2) is 11.4. The third-order valence-electron chi connectivity index (χ3n) is 3.94. The normalized spacial score (nSPS) is 11.6. The highest BCUT2D eigenvalue weighted by Crippen LogP contribution is 2.15. The van der Waals surface area contributed by atoms with Crippen LogP contribution in [0.5, 0.6) is 0 Å². The summed E-state index contributed by atoms with van der Waals surface area (Å²) in [6.07, 6.45) is 0.500. The molecule has 0 aliphatic rings. The Morgan fingerprint density at radius 2 is 1.78 bits per heavy atom. The number of halogens is 1. The van der Waals surface area contributed by atoms with E-state index in [9.17, 15) is 9.59 Å². The zero-order valence-electron chi connectivity index (χ0n) is 15.3. The maximum atomic E-state index is 12.2. The molecular formula is C21H24ClNO4. The van der Waals surface area contributed by atoms with E-state index in [0.29, 0.717) is 18.1 Å². The molecule has 1 atom stereocenters. The summed E-state index contributed by atoms with van der Waals surface area (Å²) in [6.45, 7) is 2.41. The molecule has 1 N–H and O–H groups in total. The first-order chi connectivity index (χ1) is 13.1. The molecule has 27 heavy (non-hydrogen) atoms. The van der Waals surface area contributed by atoms with Crippen molar-refractivity contribution in [2.75, 3.05) is 19.8 Å². The van der Waals surface area contributed by atoms with Gasteiger partial charge in [0.1, 0.15) is 6.61 Å². The van der Waals surface area contributed by atoms with Crippen LogP contribution in [-0.2, 0) is 32.1 Å². The van der Waals surface area contributed by atoms with Crippen LogP contribution in [0, 0.1) is 5.92 Å². The van der Waals surface area contributed by atoms with Crippen molar-refractivity contribution < 1.29 is 19.1 Å².